The SMILES string of the molecule is Cc1nc2cc(C(=O)NCCCN3CCOCC3)nn2c(-c2cc(F)c3c(c2C)CCCO3)c1C(OC(C)(C)C)C(=O)O. The molecule has 5 rings (SSSR count). The quantitative estimate of drug-likeness (QED) is 0.354. The summed E-state index contributed by atoms with van der Waals surface area (Å²) in [6.07, 6.45) is 0.693. The number of carboxylic acids is 1. The normalized spacial score (nSPS) is 16.5. The number of halogens is 1. The van der Waals surface area contributed by atoms with Gasteiger partial charge in [-0.1, -0.05) is 0 Å². The fourth-order valence-electron chi connectivity index (χ4n) is 5.73. The Bertz CT molecular complexity index is 1530. The van der Waals surface area contributed by atoms with Crippen molar-refractivity contribution < 1.29 is 33.3 Å². The average Bonchev–Trinajstić information content (AvgIpc) is 3.39. The summed E-state index contributed by atoms with van der Waals surface area (Å²) in [6, 6.07) is 2.91. The maximum atomic E-state index is 15.5. The summed E-state index contributed by atoms with van der Waals surface area (Å²) >= 11 is 0. The molecule has 1 aromatic carbocycles. The van der Waals surface area contributed by atoms with Gasteiger partial charge in [0.2, 0.25) is 0 Å². The zero-order chi connectivity index (χ0) is 30.9. The van der Waals surface area contributed by atoms with E-state index in [-0.39, 0.29) is 22.9 Å². The second-order valence-corrected chi connectivity index (χ2v) is 12.1. The fourth-order valence-corrected chi connectivity index (χ4v) is 5.73. The first-order valence-electron chi connectivity index (χ1n) is 14.8. The number of aryl methyl sites for hydroxylation is 1. The third-order valence-corrected chi connectivity index (χ3v) is 7.75. The summed E-state index contributed by atoms with van der Waals surface area (Å²) in [4.78, 5) is 32.8. The highest BCUT2D eigenvalue weighted by Gasteiger charge is 2.35. The van der Waals surface area contributed by atoms with Crippen molar-refractivity contribution in [2.45, 2.75) is 65.6 Å². The molecule has 232 valence electrons. The number of carboxylic acid groups (broad SMARTS) is 1. The molecule has 1 atom stereocenters. The molecule has 3 aromatic rings. The van der Waals surface area contributed by atoms with Gasteiger partial charge < -0.3 is 24.6 Å². The number of hydrogen-bond acceptors (Lipinski definition) is 8. The largest absolute Gasteiger partial charge is 0.490 e. The first-order valence-corrected chi connectivity index (χ1v) is 14.8. The Morgan fingerprint density at radius 1 is 1.19 bits per heavy atom. The number of fused-ring (bicyclic) bond motifs is 2. The molecule has 1 fully saturated rings. The van der Waals surface area contributed by atoms with Crippen LogP contribution in [0.3, 0.4) is 0 Å². The van der Waals surface area contributed by atoms with Crippen LogP contribution in [0.1, 0.15) is 72.6 Å². The van der Waals surface area contributed by atoms with E-state index < -0.39 is 23.5 Å². The number of nitrogens with one attached hydrogen (secondary N) is 1. The van der Waals surface area contributed by atoms with Gasteiger partial charge in [-0.25, -0.2) is 18.7 Å². The summed E-state index contributed by atoms with van der Waals surface area (Å²) in [7, 11) is 0. The summed E-state index contributed by atoms with van der Waals surface area (Å²) in [5, 5.41) is 17.8. The number of benzene rings is 1. The van der Waals surface area contributed by atoms with E-state index in [1.165, 1.54) is 10.6 Å². The number of morpholine rings is 1. The molecule has 0 bridgehead atoms. The number of aliphatic carboxylic acids is 1. The molecular weight excluding hydrogens is 557 g/mol. The summed E-state index contributed by atoms with van der Waals surface area (Å²) in [6.45, 7) is 13.8. The molecule has 2 aliphatic rings. The average molecular weight is 598 g/mol. The molecular formula is C31H40FN5O6. The van der Waals surface area contributed by atoms with Crippen molar-refractivity contribution in [3.63, 3.8) is 0 Å². The number of nitrogens with zero attached hydrogens (tertiary/aromatic N) is 4. The van der Waals surface area contributed by atoms with E-state index in [0.717, 1.165) is 43.6 Å². The van der Waals surface area contributed by atoms with Gasteiger partial charge in [-0.2, -0.15) is 5.10 Å². The Labute approximate surface area is 250 Å². The number of carbonyl (C=O) groups excluding carboxylic acids is 1. The van der Waals surface area contributed by atoms with E-state index in [0.29, 0.717) is 55.4 Å². The fraction of sp³-hybridized carbons (Fsp3) is 0.548. The van der Waals surface area contributed by atoms with Gasteiger partial charge in [0.1, 0.15) is 0 Å². The highest BCUT2D eigenvalue weighted by molar-refractivity contribution is 5.93. The lowest BCUT2D eigenvalue weighted by molar-refractivity contribution is -0.160. The molecule has 1 amide bonds. The zero-order valence-corrected chi connectivity index (χ0v) is 25.5. The predicted molar refractivity (Wildman–Crippen MR) is 157 cm³/mol. The molecule has 2 aliphatic heterocycles. The van der Waals surface area contributed by atoms with E-state index in [1.54, 1.807) is 33.8 Å². The number of aromatic nitrogens is 3. The van der Waals surface area contributed by atoms with E-state index in [9.17, 15) is 14.7 Å². The molecule has 1 unspecified atom stereocenters. The van der Waals surface area contributed by atoms with Gasteiger partial charge in [-0.3, -0.25) is 9.69 Å². The van der Waals surface area contributed by atoms with Gasteiger partial charge in [-0.15, -0.1) is 0 Å². The lowest BCUT2D eigenvalue weighted by Gasteiger charge is -2.28. The molecule has 2 aromatic heterocycles. The number of ether oxygens (including phenoxy) is 3. The van der Waals surface area contributed by atoms with Crippen molar-refractivity contribution in [3.8, 4) is 17.0 Å². The van der Waals surface area contributed by atoms with Crippen LogP contribution in [0.4, 0.5) is 4.39 Å². The van der Waals surface area contributed by atoms with Crippen molar-refractivity contribution in [1.29, 1.82) is 0 Å². The predicted octanol–water partition coefficient (Wildman–Crippen LogP) is 3.87. The molecule has 43 heavy (non-hydrogen) atoms. The number of amides is 1. The maximum Gasteiger partial charge on any atom is 0.337 e. The molecule has 4 heterocycles. The molecule has 0 saturated carbocycles. The van der Waals surface area contributed by atoms with Gasteiger partial charge in [0.05, 0.1) is 31.1 Å². The Kier molecular flexibility index (Phi) is 9.00. The number of rotatable bonds is 9. The highest BCUT2D eigenvalue weighted by atomic mass is 19.1. The van der Waals surface area contributed by atoms with Crippen molar-refractivity contribution in [3.05, 3.63) is 46.0 Å². The molecule has 0 aliphatic carbocycles. The van der Waals surface area contributed by atoms with Crippen LogP contribution in [-0.4, -0.2) is 88.1 Å². The minimum absolute atomic E-state index is 0.125. The molecule has 0 radical (unpaired) electrons. The van der Waals surface area contributed by atoms with Crippen molar-refractivity contribution in [2.24, 2.45) is 0 Å². The second-order valence-electron chi connectivity index (χ2n) is 12.1. The van der Waals surface area contributed by atoms with Crippen LogP contribution in [0.2, 0.25) is 0 Å². The van der Waals surface area contributed by atoms with Crippen molar-refractivity contribution in [1.82, 2.24) is 24.8 Å². The van der Waals surface area contributed by atoms with Crippen molar-refractivity contribution in [2.75, 3.05) is 46.0 Å². The Balaban J connectivity index is 1.58. The molecule has 1 saturated heterocycles. The smallest absolute Gasteiger partial charge is 0.337 e. The van der Waals surface area contributed by atoms with Crippen LogP contribution >= 0.6 is 0 Å². The minimum atomic E-state index is -1.43. The van der Waals surface area contributed by atoms with Crippen molar-refractivity contribution >= 4 is 17.5 Å². The minimum Gasteiger partial charge on any atom is -0.490 e. The van der Waals surface area contributed by atoms with Crippen LogP contribution in [-0.2, 0) is 20.7 Å². The summed E-state index contributed by atoms with van der Waals surface area (Å²) < 4.78 is 34.0. The Morgan fingerprint density at radius 3 is 2.63 bits per heavy atom. The molecule has 12 heteroatoms. The third-order valence-electron chi connectivity index (χ3n) is 7.75. The van der Waals surface area contributed by atoms with Crippen LogP contribution in [0.15, 0.2) is 12.1 Å². The van der Waals surface area contributed by atoms with E-state index in [2.05, 4.69) is 20.3 Å². The monoisotopic (exact) mass is 597 g/mol. The lowest BCUT2D eigenvalue weighted by atomic mass is 9.91. The van der Waals surface area contributed by atoms with Crippen LogP contribution in [0.25, 0.3) is 16.9 Å². The second kappa shape index (κ2) is 12.6. The van der Waals surface area contributed by atoms with Gasteiger partial charge in [0, 0.05) is 48.1 Å². The van der Waals surface area contributed by atoms with Gasteiger partial charge in [0.15, 0.2) is 29.0 Å². The lowest BCUT2D eigenvalue weighted by Crippen LogP contribution is -2.38. The topological polar surface area (TPSA) is 128 Å². The Hall–Kier alpha value is -3.61. The standard InChI is InChI=1S/C31H40FN5O6/c1-18-20-8-6-13-42-27(20)22(32)16-21(18)26-25(28(30(39)40)43-31(3,4)5)19(2)34-24-17-23(35-37(24)26)29(38)33-9-7-10-36-11-14-41-15-12-36/h16-17,28H,6-15H2,1-5H3,(H,33,38)(H,39,40). The summed E-state index contributed by atoms with van der Waals surface area (Å²) in [5.41, 5.74) is 2.50. The van der Waals surface area contributed by atoms with E-state index in [4.69, 9.17) is 14.2 Å². The van der Waals surface area contributed by atoms with Crippen LogP contribution < -0.4 is 10.1 Å². The van der Waals surface area contributed by atoms with Gasteiger partial charge in [0.25, 0.3) is 5.91 Å². The maximum absolute atomic E-state index is 15.5. The third kappa shape index (κ3) is 6.66. The highest BCUT2D eigenvalue weighted by Crippen LogP contribution is 2.41. The van der Waals surface area contributed by atoms with Gasteiger partial charge in [-0.05, 0) is 72.1 Å². The molecule has 0 spiro atoms. The number of carbonyl (C=O) groups is 2. The van der Waals surface area contributed by atoms with E-state index >= 15 is 4.39 Å². The first kappa shape index (κ1) is 30.8. The molecule has 2 N–H and O–H groups in total. The van der Waals surface area contributed by atoms with Gasteiger partial charge >= 0.3 is 5.97 Å². The van der Waals surface area contributed by atoms with E-state index in [1.807, 2.05) is 6.92 Å². The molecule has 11 nitrogen and oxygen atoms in total. The summed E-state index contributed by atoms with van der Waals surface area (Å²) in [5.74, 6) is -1.92. The van der Waals surface area contributed by atoms with Crippen LogP contribution in [0.5, 0.6) is 5.75 Å². The number of hydrogen-bond donors (Lipinski definition) is 2. The first-order chi connectivity index (χ1) is 20.4. The zero-order valence-electron chi connectivity index (χ0n) is 25.5. The van der Waals surface area contributed by atoms with Crippen LogP contribution in [0, 0.1) is 19.7 Å². The Morgan fingerprint density at radius 2 is 1.93 bits per heavy atom.